The zero-order chi connectivity index (χ0) is 13.8. The maximum Gasteiger partial charge on any atom is 0.0701 e. The minimum absolute atomic E-state index is 0.761. The molecule has 4 heteroatoms. The Hall–Kier alpha value is -2.88. The summed E-state index contributed by atoms with van der Waals surface area (Å²) in [5.74, 6) is 0. The van der Waals surface area contributed by atoms with Crippen LogP contribution in [0, 0.1) is 0 Å². The van der Waals surface area contributed by atoms with Crippen molar-refractivity contribution in [3.63, 3.8) is 0 Å². The first-order chi connectivity index (χ1) is 9.83. The second kappa shape index (κ2) is 5.40. The second-order valence-corrected chi connectivity index (χ2v) is 4.41. The molecule has 98 valence electrons. The van der Waals surface area contributed by atoms with Crippen LogP contribution in [0.2, 0.25) is 0 Å². The standard InChI is InChI=1S/C9H7N.C7H7N3/c1-2-6-9-8(4-1)5-3-7-10-9;8-6-2-1-5-4-9-10-7(5)3-6/h1-7H;1-4H,8H2,(H,9,10). The molecule has 0 saturated heterocycles. The van der Waals surface area contributed by atoms with E-state index in [-0.39, 0.29) is 0 Å². The summed E-state index contributed by atoms with van der Waals surface area (Å²) in [5.41, 5.74) is 8.34. The normalized spacial score (nSPS) is 10.2. The van der Waals surface area contributed by atoms with E-state index in [4.69, 9.17) is 5.73 Å². The van der Waals surface area contributed by atoms with Crippen LogP contribution in [-0.4, -0.2) is 15.2 Å². The van der Waals surface area contributed by atoms with Gasteiger partial charge in [-0.25, -0.2) is 0 Å². The molecule has 0 unspecified atom stereocenters. The Balaban J connectivity index is 0.000000121. The highest BCUT2D eigenvalue weighted by molar-refractivity contribution is 5.81. The van der Waals surface area contributed by atoms with Crippen LogP contribution in [0.15, 0.2) is 67.0 Å². The van der Waals surface area contributed by atoms with Crippen LogP contribution in [0.1, 0.15) is 0 Å². The van der Waals surface area contributed by atoms with Crippen molar-refractivity contribution in [2.45, 2.75) is 0 Å². The number of nitrogens with two attached hydrogens (primary N) is 1. The number of nitrogens with one attached hydrogen (secondary N) is 1. The topological polar surface area (TPSA) is 67.6 Å². The molecule has 0 aliphatic heterocycles. The van der Waals surface area contributed by atoms with E-state index in [9.17, 15) is 0 Å². The molecule has 2 heterocycles. The number of nitrogen functional groups attached to an aromatic ring is 1. The Bertz CT molecular complexity index is 770. The van der Waals surface area contributed by atoms with Gasteiger partial charge in [-0.05, 0) is 30.3 Å². The van der Waals surface area contributed by atoms with E-state index < -0.39 is 0 Å². The van der Waals surface area contributed by atoms with Crippen LogP contribution >= 0.6 is 0 Å². The first-order valence-electron chi connectivity index (χ1n) is 6.31. The van der Waals surface area contributed by atoms with Gasteiger partial charge in [0.25, 0.3) is 0 Å². The van der Waals surface area contributed by atoms with E-state index in [1.165, 1.54) is 5.39 Å². The lowest BCUT2D eigenvalue weighted by atomic mass is 10.2. The lowest BCUT2D eigenvalue weighted by Gasteiger charge is -1.91. The third-order valence-corrected chi connectivity index (χ3v) is 2.98. The Morgan fingerprint density at radius 2 is 1.75 bits per heavy atom. The first-order valence-corrected chi connectivity index (χ1v) is 6.31. The number of nitrogens with zero attached hydrogens (tertiary/aromatic N) is 2. The maximum absolute atomic E-state index is 5.54. The molecule has 2 aromatic heterocycles. The molecule has 3 N–H and O–H groups in total. The van der Waals surface area contributed by atoms with Gasteiger partial charge in [-0.15, -0.1) is 0 Å². The number of hydrogen-bond donors (Lipinski definition) is 2. The fraction of sp³-hybridized carbons (Fsp3) is 0. The quantitative estimate of drug-likeness (QED) is 0.477. The summed E-state index contributed by atoms with van der Waals surface area (Å²) in [6.07, 6.45) is 3.58. The summed E-state index contributed by atoms with van der Waals surface area (Å²) in [7, 11) is 0. The lowest BCUT2D eigenvalue weighted by Crippen LogP contribution is -1.81. The average Bonchev–Trinajstić information content (AvgIpc) is 2.95. The van der Waals surface area contributed by atoms with E-state index >= 15 is 0 Å². The molecule has 2 aromatic carbocycles. The van der Waals surface area contributed by atoms with Crippen molar-refractivity contribution in [1.29, 1.82) is 0 Å². The largest absolute Gasteiger partial charge is 0.399 e. The second-order valence-electron chi connectivity index (χ2n) is 4.41. The van der Waals surface area contributed by atoms with Gasteiger partial charge >= 0.3 is 0 Å². The number of anilines is 1. The van der Waals surface area contributed by atoms with Crippen molar-refractivity contribution < 1.29 is 0 Å². The highest BCUT2D eigenvalue weighted by Crippen LogP contribution is 2.13. The SMILES string of the molecule is Nc1ccc2cn[nH]c2c1.c1ccc2ncccc2c1. The number of aromatic amines is 1. The van der Waals surface area contributed by atoms with Gasteiger partial charge in [-0.1, -0.05) is 24.3 Å². The number of para-hydroxylation sites is 1. The minimum Gasteiger partial charge on any atom is -0.399 e. The number of fused-ring (bicyclic) bond motifs is 2. The van der Waals surface area contributed by atoms with E-state index in [1.54, 1.807) is 6.20 Å². The smallest absolute Gasteiger partial charge is 0.0701 e. The predicted octanol–water partition coefficient (Wildman–Crippen LogP) is 3.38. The molecular formula is C16H14N4. The van der Waals surface area contributed by atoms with Crippen molar-refractivity contribution in [3.05, 3.63) is 67.0 Å². The molecule has 20 heavy (non-hydrogen) atoms. The highest BCUT2D eigenvalue weighted by Gasteiger charge is 1.92. The summed E-state index contributed by atoms with van der Waals surface area (Å²) in [6.45, 7) is 0. The molecule has 0 bridgehead atoms. The van der Waals surface area contributed by atoms with Crippen LogP contribution in [0.4, 0.5) is 5.69 Å². The van der Waals surface area contributed by atoms with Crippen LogP contribution in [0.3, 0.4) is 0 Å². The van der Waals surface area contributed by atoms with Crippen molar-refractivity contribution >= 4 is 27.5 Å². The van der Waals surface area contributed by atoms with Gasteiger partial charge in [0, 0.05) is 22.7 Å². The van der Waals surface area contributed by atoms with E-state index in [0.717, 1.165) is 22.1 Å². The molecule has 0 radical (unpaired) electrons. The Morgan fingerprint density at radius 3 is 2.65 bits per heavy atom. The van der Waals surface area contributed by atoms with E-state index in [2.05, 4.69) is 27.3 Å². The summed E-state index contributed by atoms with van der Waals surface area (Å²) in [4.78, 5) is 4.18. The highest BCUT2D eigenvalue weighted by atomic mass is 15.1. The van der Waals surface area contributed by atoms with Gasteiger partial charge in [0.2, 0.25) is 0 Å². The van der Waals surface area contributed by atoms with Gasteiger partial charge in [-0.2, -0.15) is 5.10 Å². The Kier molecular flexibility index (Phi) is 3.29. The molecular weight excluding hydrogens is 248 g/mol. The number of hydrogen-bond acceptors (Lipinski definition) is 3. The number of rotatable bonds is 0. The zero-order valence-electron chi connectivity index (χ0n) is 10.8. The Morgan fingerprint density at radius 1 is 0.900 bits per heavy atom. The third kappa shape index (κ3) is 2.59. The number of H-pyrrole nitrogens is 1. The van der Waals surface area contributed by atoms with E-state index in [0.29, 0.717) is 0 Å². The molecule has 0 saturated carbocycles. The molecule has 4 aromatic rings. The van der Waals surface area contributed by atoms with Crippen molar-refractivity contribution in [2.24, 2.45) is 0 Å². The number of pyridine rings is 1. The van der Waals surface area contributed by atoms with Gasteiger partial charge in [0.15, 0.2) is 0 Å². The van der Waals surface area contributed by atoms with Crippen LogP contribution in [0.5, 0.6) is 0 Å². The molecule has 4 nitrogen and oxygen atoms in total. The van der Waals surface area contributed by atoms with Crippen LogP contribution < -0.4 is 5.73 Å². The first kappa shape index (κ1) is 12.2. The fourth-order valence-corrected chi connectivity index (χ4v) is 1.97. The van der Waals surface area contributed by atoms with Gasteiger partial charge in [0.05, 0.1) is 17.2 Å². The van der Waals surface area contributed by atoms with E-state index in [1.807, 2.05) is 48.7 Å². The molecule has 0 aliphatic carbocycles. The van der Waals surface area contributed by atoms with Crippen LogP contribution in [0.25, 0.3) is 21.8 Å². The molecule has 4 rings (SSSR count). The van der Waals surface area contributed by atoms with Crippen molar-refractivity contribution in [1.82, 2.24) is 15.2 Å². The average molecular weight is 262 g/mol. The number of benzene rings is 2. The van der Waals surface area contributed by atoms with Gasteiger partial charge in [0.1, 0.15) is 0 Å². The molecule has 0 atom stereocenters. The Labute approximate surface area is 116 Å². The fourth-order valence-electron chi connectivity index (χ4n) is 1.97. The predicted molar refractivity (Wildman–Crippen MR) is 82.2 cm³/mol. The summed E-state index contributed by atoms with van der Waals surface area (Å²) in [5, 5.41) is 8.98. The monoisotopic (exact) mass is 262 g/mol. The zero-order valence-corrected chi connectivity index (χ0v) is 10.8. The molecule has 0 fully saturated rings. The lowest BCUT2D eigenvalue weighted by molar-refractivity contribution is 1.12. The van der Waals surface area contributed by atoms with Gasteiger partial charge < -0.3 is 5.73 Å². The van der Waals surface area contributed by atoms with Crippen molar-refractivity contribution in [3.8, 4) is 0 Å². The minimum atomic E-state index is 0.761. The maximum atomic E-state index is 5.54. The van der Waals surface area contributed by atoms with Gasteiger partial charge in [-0.3, -0.25) is 10.1 Å². The third-order valence-electron chi connectivity index (χ3n) is 2.98. The summed E-state index contributed by atoms with van der Waals surface area (Å²) in [6, 6.07) is 17.7. The van der Waals surface area contributed by atoms with Crippen molar-refractivity contribution in [2.75, 3.05) is 5.73 Å². The summed E-state index contributed by atoms with van der Waals surface area (Å²) >= 11 is 0. The van der Waals surface area contributed by atoms with Crippen LogP contribution in [-0.2, 0) is 0 Å². The molecule has 0 spiro atoms. The molecule has 0 amide bonds. The summed E-state index contributed by atoms with van der Waals surface area (Å²) < 4.78 is 0. The molecule has 0 aliphatic rings. The number of aromatic nitrogens is 3.